The van der Waals surface area contributed by atoms with Crippen LogP contribution in [0.1, 0.15) is 35.7 Å². The molecular formula is C15H20FNO4. The van der Waals surface area contributed by atoms with Crippen molar-refractivity contribution in [2.45, 2.75) is 26.3 Å². The number of ether oxygens (including phenoxy) is 2. The van der Waals surface area contributed by atoms with Gasteiger partial charge in [-0.3, -0.25) is 4.79 Å². The average molecular weight is 297 g/mol. The van der Waals surface area contributed by atoms with Crippen molar-refractivity contribution < 1.29 is 23.5 Å². The van der Waals surface area contributed by atoms with E-state index in [1.54, 1.807) is 13.0 Å². The van der Waals surface area contributed by atoms with Crippen molar-refractivity contribution >= 4 is 11.9 Å². The molecule has 1 N–H and O–H groups in total. The van der Waals surface area contributed by atoms with Gasteiger partial charge in [-0.2, -0.15) is 0 Å². The van der Waals surface area contributed by atoms with E-state index in [4.69, 9.17) is 4.74 Å². The summed E-state index contributed by atoms with van der Waals surface area (Å²) < 4.78 is 22.9. The normalized spacial score (nSPS) is 10.2. The molecule has 116 valence electrons. The van der Waals surface area contributed by atoms with Gasteiger partial charge in [-0.15, -0.1) is 0 Å². The lowest BCUT2D eigenvalue weighted by Gasteiger charge is -2.07. The molecule has 5 nitrogen and oxygen atoms in total. The Morgan fingerprint density at radius 2 is 2.10 bits per heavy atom. The molecule has 0 fully saturated rings. The van der Waals surface area contributed by atoms with Crippen LogP contribution in [0.5, 0.6) is 0 Å². The smallest absolute Gasteiger partial charge is 0.340 e. The van der Waals surface area contributed by atoms with Crippen molar-refractivity contribution in [2.75, 3.05) is 20.3 Å². The van der Waals surface area contributed by atoms with Gasteiger partial charge in [-0.25, -0.2) is 9.18 Å². The lowest BCUT2D eigenvalue weighted by molar-refractivity contribution is -0.143. The minimum Gasteiger partial charge on any atom is -0.466 e. The minimum absolute atomic E-state index is 0.0800. The Morgan fingerprint density at radius 3 is 2.71 bits per heavy atom. The molecule has 0 aliphatic heterocycles. The van der Waals surface area contributed by atoms with Crippen LogP contribution >= 0.6 is 0 Å². The van der Waals surface area contributed by atoms with Gasteiger partial charge in [0.15, 0.2) is 0 Å². The molecule has 1 aromatic rings. The third kappa shape index (κ3) is 5.91. The Morgan fingerprint density at radius 1 is 1.33 bits per heavy atom. The highest BCUT2D eigenvalue weighted by Gasteiger charge is 2.12. The average Bonchev–Trinajstić information content (AvgIpc) is 2.46. The van der Waals surface area contributed by atoms with E-state index >= 15 is 0 Å². The van der Waals surface area contributed by atoms with Crippen LogP contribution in [0.25, 0.3) is 0 Å². The Bertz CT molecular complexity index is 491. The summed E-state index contributed by atoms with van der Waals surface area (Å²) in [5.74, 6) is -1.51. The molecule has 0 atom stereocenters. The van der Waals surface area contributed by atoms with Gasteiger partial charge in [-0.1, -0.05) is 6.07 Å². The maximum Gasteiger partial charge on any atom is 0.340 e. The van der Waals surface area contributed by atoms with Gasteiger partial charge in [-0.05, 0) is 37.6 Å². The minimum atomic E-state index is -0.693. The Kier molecular flexibility index (Phi) is 7.39. The van der Waals surface area contributed by atoms with Gasteiger partial charge in [0.05, 0.1) is 19.3 Å². The van der Waals surface area contributed by atoms with Crippen molar-refractivity contribution in [3.8, 4) is 0 Å². The standard InChI is InChI=1S/C15H20FNO4/c1-3-21-14(18)5-4-8-17-10-11-6-7-12(13(16)9-11)15(19)20-2/h6-7,9,17H,3-5,8,10H2,1-2H3. The van der Waals surface area contributed by atoms with Crippen molar-refractivity contribution in [1.29, 1.82) is 0 Å². The summed E-state index contributed by atoms with van der Waals surface area (Å²) in [4.78, 5) is 22.3. The highest BCUT2D eigenvalue weighted by atomic mass is 19.1. The first kappa shape index (κ1) is 17.1. The Balaban J connectivity index is 2.35. The zero-order valence-corrected chi connectivity index (χ0v) is 12.3. The maximum absolute atomic E-state index is 13.7. The zero-order valence-electron chi connectivity index (χ0n) is 12.3. The quantitative estimate of drug-likeness (QED) is 0.587. The fourth-order valence-corrected chi connectivity index (χ4v) is 1.77. The molecule has 0 aliphatic carbocycles. The Labute approximate surface area is 123 Å². The molecule has 0 saturated carbocycles. The van der Waals surface area contributed by atoms with Crippen LogP contribution in [0.3, 0.4) is 0 Å². The second kappa shape index (κ2) is 9.07. The number of carbonyl (C=O) groups is 2. The summed E-state index contributed by atoms with van der Waals surface area (Å²) in [5.41, 5.74) is 0.639. The number of benzene rings is 1. The SMILES string of the molecule is CCOC(=O)CCCNCc1ccc(C(=O)OC)c(F)c1. The first-order valence-corrected chi connectivity index (χ1v) is 6.81. The highest BCUT2D eigenvalue weighted by molar-refractivity contribution is 5.89. The lowest BCUT2D eigenvalue weighted by atomic mass is 10.1. The van der Waals surface area contributed by atoms with Gasteiger partial charge in [0.25, 0.3) is 0 Å². The summed E-state index contributed by atoms with van der Waals surface area (Å²) >= 11 is 0. The zero-order chi connectivity index (χ0) is 15.7. The molecule has 0 spiro atoms. The molecule has 0 aromatic heterocycles. The van der Waals surface area contributed by atoms with Crippen molar-refractivity contribution in [1.82, 2.24) is 5.32 Å². The highest BCUT2D eigenvalue weighted by Crippen LogP contribution is 2.11. The van der Waals surface area contributed by atoms with E-state index in [0.29, 0.717) is 32.5 Å². The van der Waals surface area contributed by atoms with E-state index in [0.717, 1.165) is 5.56 Å². The lowest BCUT2D eigenvalue weighted by Crippen LogP contribution is -2.17. The fraction of sp³-hybridized carbons (Fsp3) is 0.467. The Hall–Kier alpha value is -1.95. The molecular weight excluding hydrogens is 277 g/mol. The molecule has 0 radical (unpaired) electrons. The van der Waals surface area contributed by atoms with E-state index in [1.165, 1.54) is 19.2 Å². The summed E-state index contributed by atoms with van der Waals surface area (Å²) in [5, 5.41) is 3.10. The van der Waals surface area contributed by atoms with E-state index in [2.05, 4.69) is 10.1 Å². The van der Waals surface area contributed by atoms with E-state index < -0.39 is 11.8 Å². The van der Waals surface area contributed by atoms with Crippen LogP contribution < -0.4 is 5.32 Å². The molecule has 0 heterocycles. The van der Waals surface area contributed by atoms with Gasteiger partial charge < -0.3 is 14.8 Å². The molecule has 0 saturated heterocycles. The number of nitrogens with one attached hydrogen (secondary N) is 1. The summed E-state index contributed by atoms with van der Waals surface area (Å²) in [6.45, 7) is 3.24. The molecule has 1 rings (SSSR count). The number of esters is 2. The number of hydrogen-bond acceptors (Lipinski definition) is 5. The second-order valence-electron chi connectivity index (χ2n) is 4.39. The fourth-order valence-electron chi connectivity index (χ4n) is 1.77. The first-order valence-electron chi connectivity index (χ1n) is 6.81. The topological polar surface area (TPSA) is 64.6 Å². The summed E-state index contributed by atoms with van der Waals surface area (Å²) in [6.07, 6.45) is 1.01. The van der Waals surface area contributed by atoms with Crippen LogP contribution in [0.4, 0.5) is 4.39 Å². The molecule has 1 aromatic carbocycles. The van der Waals surface area contributed by atoms with Crippen LogP contribution in [0.15, 0.2) is 18.2 Å². The van der Waals surface area contributed by atoms with E-state index in [-0.39, 0.29) is 11.5 Å². The van der Waals surface area contributed by atoms with E-state index in [1.807, 2.05) is 0 Å². The predicted octanol–water partition coefficient (Wildman–Crippen LogP) is 2.05. The predicted molar refractivity (Wildman–Crippen MR) is 75.3 cm³/mol. The van der Waals surface area contributed by atoms with Gasteiger partial charge in [0, 0.05) is 13.0 Å². The third-order valence-corrected chi connectivity index (χ3v) is 2.81. The number of carbonyl (C=O) groups excluding carboxylic acids is 2. The first-order chi connectivity index (χ1) is 10.1. The third-order valence-electron chi connectivity index (χ3n) is 2.81. The molecule has 0 aliphatic rings. The maximum atomic E-state index is 13.7. The summed E-state index contributed by atoms with van der Waals surface area (Å²) in [6, 6.07) is 4.36. The number of methoxy groups -OCH3 is 1. The number of halogens is 1. The molecule has 0 unspecified atom stereocenters. The van der Waals surface area contributed by atoms with Crippen LogP contribution in [-0.4, -0.2) is 32.2 Å². The largest absolute Gasteiger partial charge is 0.466 e. The van der Waals surface area contributed by atoms with Gasteiger partial charge in [0.1, 0.15) is 5.82 Å². The molecule has 21 heavy (non-hydrogen) atoms. The number of rotatable bonds is 8. The van der Waals surface area contributed by atoms with Crippen LogP contribution in [0, 0.1) is 5.82 Å². The van der Waals surface area contributed by atoms with Crippen molar-refractivity contribution in [3.63, 3.8) is 0 Å². The molecule has 0 amide bonds. The van der Waals surface area contributed by atoms with Gasteiger partial charge in [0.2, 0.25) is 0 Å². The number of hydrogen-bond donors (Lipinski definition) is 1. The van der Waals surface area contributed by atoms with Gasteiger partial charge >= 0.3 is 11.9 Å². The molecule has 0 bridgehead atoms. The second-order valence-corrected chi connectivity index (χ2v) is 4.39. The van der Waals surface area contributed by atoms with Crippen LogP contribution in [-0.2, 0) is 20.8 Å². The van der Waals surface area contributed by atoms with E-state index in [9.17, 15) is 14.0 Å². The molecule has 6 heteroatoms. The van der Waals surface area contributed by atoms with Crippen molar-refractivity contribution in [3.05, 3.63) is 35.1 Å². The monoisotopic (exact) mass is 297 g/mol. The van der Waals surface area contributed by atoms with Crippen LogP contribution in [0.2, 0.25) is 0 Å². The summed E-state index contributed by atoms with van der Waals surface area (Å²) in [7, 11) is 1.21. The van der Waals surface area contributed by atoms with Crippen molar-refractivity contribution in [2.24, 2.45) is 0 Å².